The van der Waals surface area contributed by atoms with Gasteiger partial charge in [-0.25, -0.2) is 4.39 Å². The zero-order valence-corrected chi connectivity index (χ0v) is 12.6. The molecule has 22 heavy (non-hydrogen) atoms. The Morgan fingerprint density at radius 2 is 2.36 bits per heavy atom. The number of hydrogen-bond donors (Lipinski definition) is 2. The van der Waals surface area contributed by atoms with Gasteiger partial charge in [-0.3, -0.25) is 4.79 Å². The quantitative estimate of drug-likeness (QED) is 0.909. The Morgan fingerprint density at radius 1 is 1.55 bits per heavy atom. The Bertz CT molecular complexity index is 698. The Hall–Kier alpha value is -2.08. The Labute approximate surface area is 127 Å². The molecule has 2 atom stereocenters. The molecular formula is C16H19FN2O3. The van der Waals surface area contributed by atoms with Crippen LogP contribution in [0, 0.1) is 6.92 Å². The molecule has 1 saturated heterocycles. The van der Waals surface area contributed by atoms with Crippen LogP contribution in [0.5, 0.6) is 5.75 Å². The first-order chi connectivity index (χ1) is 10.6. The standard InChI is InChI=1S/C16H19FN2O3/c1-9-13-4-3-12(21-2)6-14(13)22-15(9)16(20)19-8-11-5-10(17)7-18-11/h3-4,6,10-11,18H,5,7-8H2,1-2H3,(H,19,20)/t10-,11-/m0/s1. The summed E-state index contributed by atoms with van der Waals surface area (Å²) in [6.45, 7) is 2.59. The Morgan fingerprint density at radius 3 is 3.05 bits per heavy atom. The van der Waals surface area contributed by atoms with Crippen LogP contribution in [0.2, 0.25) is 0 Å². The van der Waals surface area contributed by atoms with E-state index in [-0.39, 0.29) is 17.7 Å². The fraction of sp³-hybridized carbons (Fsp3) is 0.438. The van der Waals surface area contributed by atoms with Crippen LogP contribution in [0.25, 0.3) is 11.0 Å². The number of hydrogen-bond acceptors (Lipinski definition) is 4. The molecule has 1 fully saturated rings. The normalized spacial score (nSPS) is 21.2. The molecule has 0 aliphatic carbocycles. The second-order valence-electron chi connectivity index (χ2n) is 5.57. The number of furan rings is 1. The number of alkyl halides is 1. The maximum Gasteiger partial charge on any atom is 0.287 e. The lowest BCUT2D eigenvalue weighted by Gasteiger charge is -2.10. The summed E-state index contributed by atoms with van der Waals surface area (Å²) in [4.78, 5) is 12.3. The van der Waals surface area contributed by atoms with Gasteiger partial charge in [0.05, 0.1) is 7.11 Å². The highest BCUT2D eigenvalue weighted by atomic mass is 19.1. The number of benzene rings is 1. The highest BCUT2D eigenvalue weighted by Gasteiger charge is 2.25. The fourth-order valence-electron chi connectivity index (χ4n) is 2.77. The van der Waals surface area contributed by atoms with Crippen LogP contribution in [0.4, 0.5) is 4.39 Å². The first-order valence-electron chi connectivity index (χ1n) is 7.31. The summed E-state index contributed by atoms with van der Waals surface area (Å²) in [6.07, 6.45) is -0.404. The number of carbonyl (C=O) groups is 1. The zero-order valence-electron chi connectivity index (χ0n) is 12.6. The summed E-state index contributed by atoms with van der Waals surface area (Å²) in [7, 11) is 1.58. The molecule has 0 radical (unpaired) electrons. The molecule has 1 aliphatic heterocycles. The number of aryl methyl sites for hydroxylation is 1. The van der Waals surface area contributed by atoms with Gasteiger partial charge in [-0.1, -0.05) is 0 Å². The SMILES string of the molecule is COc1ccc2c(C)c(C(=O)NC[C@@H]3C[C@H](F)CN3)oc2c1. The lowest BCUT2D eigenvalue weighted by Crippen LogP contribution is -2.37. The summed E-state index contributed by atoms with van der Waals surface area (Å²) in [6, 6.07) is 5.43. The molecule has 5 nitrogen and oxygen atoms in total. The van der Waals surface area contributed by atoms with Gasteiger partial charge in [0.25, 0.3) is 5.91 Å². The van der Waals surface area contributed by atoms with E-state index in [0.29, 0.717) is 30.8 Å². The van der Waals surface area contributed by atoms with Gasteiger partial charge in [-0.2, -0.15) is 0 Å². The molecule has 1 aromatic heterocycles. The number of fused-ring (bicyclic) bond motifs is 1. The minimum atomic E-state index is -0.831. The smallest absolute Gasteiger partial charge is 0.287 e. The topological polar surface area (TPSA) is 63.5 Å². The minimum Gasteiger partial charge on any atom is -0.497 e. The molecule has 2 aromatic rings. The average Bonchev–Trinajstić information content (AvgIpc) is 3.08. The van der Waals surface area contributed by atoms with Crippen LogP contribution in [0.1, 0.15) is 22.5 Å². The van der Waals surface area contributed by atoms with E-state index in [0.717, 1.165) is 10.9 Å². The van der Waals surface area contributed by atoms with Crippen molar-refractivity contribution in [1.29, 1.82) is 0 Å². The molecular weight excluding hydrogens is 287 g/mol. The van der Waals surface area contributed by atoms with Crippen molar-refractivity contribution < 1.29 is 18.3 Å². The predicted octanol–water partition coefficient (Wildman–Crippen LogP) is 2.18. The number of carbonyl (C=O) groups excluding carboxylic acids is 1. The van der Waals surface area contributed by atoms with Gasteiger partial charge in [0, 0.05) is 36.1 Å². The predicted molar refractivity (Wildman–Crippen MR) is 81.1 cm³/mol. The van der Waals surface area contributed by atoms with Crippen molar-refractivity contribution in [2.24, 2.45) is 0 Å². The van der Waals surface area contributed by atoms with E-state index < -0.39 is 6.17 Å². The molecule has 0 unspecified atom stereocenters. The Balaban J connectivity index is 1.74. The van der Waals surface area contributed by atoms with E-state index in [1.807, 2.05) is 19.1 Å². The van der Waals surface area contributed by atoms with Gasteiger partial charge >= 0.3 is 0 Å². The third-order valence-electron chi connectivity index (χ3n) is 4.03. The van der Waals surface area contributed by atoms with E-state index in [4.69, 9.17) is 9.15 Å². The molecule has 3 rings (SSSR count). The van der Waals surface area contributed by atoms with Crippen LogP contribution in [0.3, 0.4) is 0 Å². The molecule has 1 amide bonds. The molecule has 118 valence electrons. The summed E-state index contributed by atoms with van der Waals surface area (Å²) >= 11 is 0. The third kappa shape index (κ3) is 2.78. The lowest BCUT2D eigenvalue weighted by atomic mass is 10.1. The summed E-state index contributed by atoms with van der Waals surface area (Å²) in [5.41, 5.74) is 1.41. The van der Waals surface area contributed by atoms with E-state index >= 15 is 0 Å². The van der Waals surface area contributed by atoms with Gasteiger partial charge in [0.2, 0.25) is 0 Å². The van der Waals surface area contributed by atoms with Crippen molar-refractivity contribution in [2.75, 3.05) is 20.2 Å². The van der Waals surface area contributed by atoms with Crippen LogP contribution < -0.4 is 15.4 Å². The van der Waals surface area contributed by atoms with Gasteiger partial charge in [0.1, 0.15) is 17.5 Å². The third-order valence-corrected chi connectivity index (χ3v) is 4.03. The zero-order chi connectivity index (χ0) is 15.7. The number of methoxy groups -OCH3 is 1. The highest BCUT2D eigenvalue weighted by molar-refractivity contribution is 5.99. The van der Waals surface area contributed by atoms with Crippen molar-refractivity contribution in [3.63, 3.8) is 0 Å². The molecule has 0 bridgehead atoms. The van der Waals surface area contributed by atoms with Crippen molar-refractivity contribution in [1.82, 2.24) is 10.6 Å². The van der Waals surface area contributed by atoms with Crippen molar-refractivity contribution >= 4 is 16.9 Å². The van der Waals surface area contributed by atoms with Crippen molar-refractivity contribution in [3.8, 4) is 5.75 Å². The van der Waals surface area contributed by atoms with E-state index in [1.54, 1.807) is 13.2 Å². The van der Waals surface area contributed by atoms with Crippen molar-refractivity contribution in [3.05, 3.63) is 29.5 Å². The second kappa shape index (κ2) is 5.96. The molecule has 6 heteroatoms. The molecule has 2 N–H and O–H groups in total. The number of halogens is 1. The Kier molecular flexibility index (Phi) is 4.02. The molecule has 1 aromatic carbocycles. The molecule has 0 saturated carbocycles. The summed E-state index contributed by atoms with van der Waals surface area (Å²) in [5, 5.41) is 6.71. The fourth-order valence-corrected chi connectivity index (χ4v) is 2.77. The monoisotopic (exact) mass is 306 g/mol. The molecule has 2 heterocycles. The van der Waals surface area contributed by atoms with Crippen LogP contribution >= 0.6 is 0 Å². The number of nitrogens with one attached hydrogen (secondary N) is 2. The molecule has 1 aliphatic rings. The largest absolute Gasteiger partial charge is 0.497 e. The maximum absolute atomic E-state index is 13.1. The first kappa shape index (κ1) is 14.8. The summed E-state index contributed by atoms with van der Waals surface area (Å²) in [5.74, 6) is 0.687. The second-order valence-corrected chi connectivity index (χ2v) is 5.57. The number of amides is 1. The van der Waals surface area contributed by atoms with Crippen molar-refractivity contribution in [2.45, 2.75) is 25.6 Å². The van der Waals surface area contributed by atoms with Crippen LogP contribution in [-0.2, 0) is 0 Å². The van der Waals surface area contributed by atoms with Gasteiger partial charge < -0.3 is 19.8 Å². The highest BCUT2D eigenvalue weighted by Crippen LogP contribution is 2.28. The van der Waals surface area contributed by atoms with Gasteiger partial charge in [-0.05, 0) is 25.5 Å². The minimum absolute atomic E-state index is 0.0243. The van der Waals surface area contributed by atoms with E-state index in [9.17, 15) is 9.18 Å². The van der Waals surface area contributed by atoms with Gasteiger partial charge in [0.15, 0.2) is 5.76 Å². The van der Waals surface area contributed by atoms with Crippen LogP contribution in [0.15, 0.2) is 22.6 Å². The number of ether oxygens (including phenoxy) is 1. The van der Waals surface area contributed by atoms with Crippen LogP contribution in [-0.4, -0.2) is 38.3 Å². The lowest BCUT2D eigenvalue weighted by molar-refractivity contribution is 0.0923. The van der Waals surface area contributed by atoms with E-state index in [2.05, 4.69) is 10.6 Å². The maximum atomic E-state index is 13.1. The van der Waals surface area contributed by atoms with Gasteiger partial charge in [-0.15, -0.1) is 0 Å². The molecule has 0 spiro atoms. The average molecular weight is 306 g/mol. The summed E-state index contributed by atoms with van der Waals surface area (Å²) < 4.78 is 23.9. The first-order valence-corrected chi connectivity index (χ1v) is 7.31. The van der Waals surface area contributed by atoms with E-state index in [1.165, 1.54) is 0 Å². The number of rotatable bonds is 4.